The predicted molar refractivity (Wildman–Crippen MR) is 144 cm³/mol. The smallest absolute Gasteiger partial charge is 0.251 e. The van der Waals surface area contributed by atoms with Gasteiger partial charge < -0.3 is 10.3 Å². The van der Waals surface area contributed by atoms with Crippen molar-refractivity contribution in [1.82, 2.24) is 14.7 Å². The van der Waals surface area contributed by atoms with E-state index in [1.807, 2.05) is 30.3 Å². The molecule has 1 heterocycles. The van der Waals surface area contributed by atoms with E-state index in [9.17, 15) is 18.0 Å². The van der Waals surface area contributed by atoms with E-state index in [2.05, 4.69) is 20.0 Å². The standard InChI is InChI=1S/C28H28N4O4S/c1-19-17-27(34)31-28(29-19)23-9-6-10-24(18-23)30-26(33)16-13-21-11-14-25(15-12-21)37(35,36)32-20(2)22-7-4-3-5-8-22/h3-12,14-15,17-18,20,32H,13,16H2,1-2H3,(H,30,33)(H,29,31,34)/t20-/m0/s1. The van der Waals surface area contributed by atoms with Crippen LogP contribution in [-0.4, -0.2) is 24.3 Å². The van der Waals surface area contributed by atoms with Crippen LogP contribution in [0.1, 0.15) is 36.2 Å². The molecule has 8 nitrogen and oxygen atoms in total. The average molecular weight is 517 g/mol. The Kier molecular flexibility index (Phi) is 7.95. The Morgan fingerprint density at radius 2 is 1.70 bits per heavy atom. The lowest BCUT2D eigenvalue weighted by Gasteiger charge is -2.15. The quantitative estimate of drug-likeness (QED) is 0.305. The normalized spacial score (nSPS) is 12.2. The number of H-pyrrole nitrogens is 1. The molecule has 4 aromatic rings. The lowest BCUT2D eigenvalue weighted by Crippen LogP contribution is -2.26. The molecular formula is C28H28N4O4S. The van der Waals surface area contributed by atoms with Gasteiger partial charge in [0, 0.05) is 35.5 Å². The fraction of sp³-hybridized carbons (Fsp3) is 0.179. The second kappa shape index (κ2) is 11.3. The number of anilines is 1. The van der Waals surface area contributed by atoms with Crippen LogP contribution in [0, 0.1) is 6.92 Å². The number of carbonyl (C=O) groups excluding carboxylic acids is 1. The zero-order chi connectivity index (χ0) is 26.4. The van der Waals surface area contributed by atoms with Crippen molar-refractivity contribution in [2.75, 3.05) is 5.32 Å². The maximum absolute atomic E-state index is 12.8. The third kappa shape index (κ3) is 6.99. The highest BCUT2D eigenvalue weighted by Gasteiger charge is 2.18. The molecule has 0 fully saturated rings. The summed E-state index contributed by atoms with van der Waals surface area (Å²) in [5.41, 5.74) is 3.37. The van der Waals surface area contributed by atoms with E-state index >= 15 is 0 Å². The number of rotatable bonds is 9. The van der Waals surface area contributed by atoms with Crippen molar-refractivity contribution in [2.45, 2.75) is 37.6 Å². The SMILES string of the molecule is Cc1cc(=O)[nH]c(-c2cccc(NC(=O)CCc3ccc(S(=O)(=O)N[C@@H](C)c4ccccc4)cc3)c2)n1. The maximum Gasteiger partial charge on any atom is 0.251 e. The number of hydrogen-bond donors (Lipinski definition) is 3. The largest absolute Gasteiger partial charge is 0.326 e. The van der Waals surface area contributed by atoms with Crippen LogP contribution in [0.3, 0.4) is 0 Å². The number of aromatic nitrogens is 2. The van der Waals surface area contributed by atoms with Crippen molar-refractivity contribution >= 4 is 21.6 Å². The molecule has 0 aliphatic rings. The Morgan fingerprint density at radius 3 is 2.41 bits per heavy atom. The van der Waals surface area contributed by atoms with Gasteiger partial charge in [-0.1, -0.05) is 54.6 Å². The highest BCUT2D eigenvalue weighted by Crippen LogP contribution is 2.20. The van der Waals surface area contributed by atoms with Gasteiger partial charge in [-0.15, -0.1) is 0 Å². The zero-order valence-corrected chi connectivity index (χ0v) is 21.4. The summed E-state index contributed by atoms with van der Waals surface area (Å²) >= 11 is 0. The Bertz CT molecular complexity index is 1550. The molecule has 9 heteroatoms. The van der Waals surface area contributed by atoms with Crippen LogP contribution in [0.2, 0.25) is 0 Å². The summed E-state index contributed by atoms with van der Waals surface area (Å²) in [6.45, 7) is 3.54. The van der Waals surface area contributed by atoms with Gasteiger partial charge in [0.2, 0.25) is 15.9 Å². The first-order chi connectivity index (χ1) is 17.7. The molecular weight excluding hydrogens is 488 g/mol. The van der Waals surface area contributed by atoms with E-state index in [4.69, 9.17) is 0 Å². The first kappa shape index (κ1) is 26.0. The number of hydrogen-bond acceptors (Lipinski definition) is 5. The van der Waals surface area contributed by atoms with E-state index in [1.165, 1.54) is 6.07 Å². The van der Waals surface area contributed by atoms with Gasteiger partial charge in [-0.2, -0.15) is 0 Å². The van der Waals surface area contributed by atoms with E-state index in [-0.39, 0.29) is 28.8 Å². The first-order valence-corrected chi connectivity index (χ1v) is 13.3. The van der Waals surface area contributed by atoms with Gasteiger partial charge in [0.25, 0.3) is 5.56 Å². The minimum Gasteiger partial charge on any atom is -0.326 e. The number of nitrogens with one attached hydrogen (secondary N) is 3. The maximum atomic E-state index is 12.8. The topological polar surface area (TPSA) is 121 Å². The van der Waals surface area contributed by atoms with Crippen LogP contribution in [0.25, 0.3) is 11.4 Å². The number of carbonyl (C=O) groups is 1. The molecule has 4 rings (SSSR count). The van der Waals surface area contributed by atoms with Crippen LogP contribution in [-0.2, 0) is 21.2 Å². The van der Waals surface area contributed by atoms with Crippen molar-refractivity contribution in [3.05, 3.63) is 112 Å². The van der Waals surface area contributed by atoms with Gasteiger partial charge >= 0.3 is 0 Å². The number of amides is 1. The number of aryl methyl sites for hydroxylation is 2. The third-order valence-corrected chi connectivity index (χ3v) is 7.35. The summed E-state index contributed by atoms with van der Waals surface area (Å²) in [7, 11) is -3.69. The summed E-state index contributed by atoms with van der Waals surface area (Å²) in [5, 5.41) is 2.86. The predicted octanol–water partition coefficient (Wildman–Crippen LogP) is 4.36. The molecule has 0 bridgehead atoms. The van der Waals surface area contributed by atoms with Gasteiger partial charge in [-0.3, -0.25) is 9.59 Å². The minimum absolute atomic E-state index is 0.170. The summed E-state index contributed by atoms with van der Waals surface area (Å²) in [6.07, 6.45) is 0.672. The van der Waals surface area contributed by atoms with Crippen molar-refractivity contribution in [2.24, 2.45) is 0 Å². The Labute approximate surface area is 215 Å². The highest BCUT2D eigenvalue weighted by atomic mass is 32.2. The summed E-state index contributed by atoms with van der Waals surface area (Å²) in [6, 6.07) is 24.0. The van der Waals surface area contributed by atoms with Gasteiger partial charge in [-0.05, 0) is 55.7 Å². The molecule has 0 aliphatic carbocycles. The van der Waals surface area contributed by atoms with Crippen LogP contribution < -0.4 is 15.6 Å². The molecule has 0 saturated heterocycles. The molecule has 0 spiro atoms. The molecule has 0 unspecified atom stereocenters. The fourth-order valence-electron chi connectivity index (χ4n) is 3.89. The average Bonchev–Trinajstić information content (AvgIpc) is 2.87. The summed E-state index contributed by atoms with van der Waals surface area (Å²) in [5.74, 6) is 0.252. The fourth-order valence-corrected chi connectivity index (χ4v) is 5.12. The highest BCUT2D eigenvalue weighted by molar-refractivity contribution is 7.89. The molecule has 0 radical (unpaired) electrons. The molecule has 1 aromatic heterocycles. The first-order valence-electron chi connectivity index (χ1n) is 11.8. The van der Waals surface area contributed by atoms with Crippen LogP contribution in [0.15, 0.2) is 94.6 Å². The minimum atomic E-state index is -3.69. The third-order valence-electron chi connectivity index (χ3n) is 5.80. The van der Waals surface area contributed by atoms with Gasteiger partial charge in [0.1, 0.15) is 5.82 Å². The van der Waals surface area contributed by atoms with Crippen LogP contribution in [0.5, 0.6) is 0 Å². The van der Waals surface area contributed by atoms with E-state index in [0.717, 1.165) is 11.1 Å². The molecule has 0 saturated carbocycles. The van der Waals surface area contributed by atoms with Crippen LogP contribution in [0.4, 0.5) is 5.69 Å². The number of sulfonamides is 1. The Balaban J connectivity index is 1.34. The van der Waals surface area contributed by atoms with Gasteiger partial charge in [0.15, 0.2) is 0 Å². The van der Waals surface area contributed by atoms with E-state index in [0.29, 0.717) is 29.2 Å². The molecule has 0 aliphatic heterocycles. The Hall–Kier alpha value is -4.08. The van der Waals surface area contributed by atoms with E-state index in [1.54, 1.807) is 62.4 Å². The molecule has 190 valence electrons. The molecule has 37 heavy (non-hydrogen) atoms. The number of nitrogens with zero attached hydrogens (tertiary/aromatic N) is 1. The molecule has 1 amide bonds. The lowest BCUT2D eigenvalue weighted by atomic mass is 10.1. The van der Waals surface area contributed by atoms with E-state index < -0.39 is 10.0 Å². The monoisotopic (exact) mass is 516 g/mol. The number of benzene rings is 3. The van der Waals surface area contributed by atoms with Crippen LogP contribution >= 0.6 is 0 Å². The van der Waals surface area contributed by atoms with Gasteiger partial charge in [-0.25, -0.2) is 18.1 Å². The molecule has 3 N–H and O–H groups in total. The van der Waals surface area contributed by atoms with Crippen molar-refractivity contribution in [3.8, 4) is 11.4 Å². The molecule has 3 aromatic carbocycles. The van der Waals surface area contributed by atoms with Crippen molar-refractivity contribution in [1.29, 1.82) is 0 Å². The molecule has 1 atom stereocenters. The Morgan fingerprint density at radius 1 is 0.973 bits per heavy atom. The summed E-state index contributed by atoms with van der Waals surface area (Å²) in [4.78, 5) is 31.5. The van der Waals surface area contributed by atoms with Gasteiger partial charge in [0.05, 0.1) is 4.90 Å². The van der Waals surface area contributed by atoms with Crippen molar-refractivity contribution < 1.29 is 13.2 Å². The summed E-state index contributed by atoms with van der Waals surface area (Å²) < 4.78 is 28.2. The second-order valence-corrected chi connectivity index (χ2v) is 10.5. The number of aromatic amines is 1. The zero-order valence-electron chi connectivity index (χ0n) is 20.6. The van der Waals surface area contributed by atoms with Crippen molar-refractivity contribution in [3.63, 3.8) is 0 Å². The lowest BCUT2D eigenvalue weighted by molar-refractivity contribution is -0.116. The second-order valence-electron chi connectivity index (χ2n) is 8.76.